The molecule has 0 saturated carbocycles. The monoisotopic (exact) mass is 601 g/mol. The van der Waals surface area contributed by atoms with E-state index < -0.39 is 10.0 Å². The highest BCUT2D eigenvalue weighted by molar-refractivity contribution is 7.89. The van der Waals surface area contributed by atoms with E-state index in [1.807, 2.05) is 6.07 Å². The lowest BCUT2D eigenvalue weighted by molar-refractivity contribution is 0.312. The standard InChI is InChI=1S/C31H32FN7O3S/c1-38(2)43(40,41)27-11-6-5-10-24(27)34-30-28-23(20-8-7-9-22(32)14-20)17-33-29(28)36-31(37-30)35-25-15-21-18-39(3)13-12-19(21)16-26(25)42-4/h5-11,14-17H,12-13,18H2,1-4H3,(H3,33,34,35,36,37). The maximum absolute atomic E-state index is 14.2. The average Bonchev–Trinajstić information content (AvgIpc) is 3.41. The van der Waals surface area contributed by atoms with Gasteiger partial charge in [-0.2, -0.15) is 9.97 Å². The van der Waals surface area contributed by atoms with Gasteiger partial charge in [0, 0.05) is 38.9 Å². The number of nitrogens with one attached hydrogen (secondary N) is 3. The maximum Gasteiger partial charge on any atom is 0.244 e. The molecule has 1 aliphatic heterocycles. The van der Waals surface area contributed by atoms with E-state index in [2.05, 4.69) is 33.6 Å². The Morgan fingerprint density at radius 2 is 1.81 bits per heavy atom. The van der Waals surface area contributed by atoms with Crippen LogP contribution in [0.5, 0.6) is 5.75 Å². The van der Waals surface area contributed by atoms with E-state index in [1.54, 1.807) is 43.6 Å². The molecule has 3 heterocycles. The minimum Gasteiger partial charge on any atom is -0.495 e. The molecule has 5 aromatic rings. The average molecular weight is 602 g/mol. The molecule has 0 radical (unpaired) electrons. The number of anilines is 4. The first kappa shape index (κ1) is 28.6. The number of ether oxygens (including phenoxy) is 1. The summed E-state index contributed by atoms with van der Waals surface area (Å²) in [5, 5.41) is 7.14. The van der Waals surface area contributed by atoms with Gasteiger partial charge in [-0.1, -0.05) is 24.3 Å². The lowest BCUT2D eigenvalue weighted by Crippen LogP contribution is -2.26. The number of likely N-dealkylation sites (N-methyl/N-ethyl adjacent to an activating group) is 1. The predicted molar refractivity (Wildman–Crippen MR) is 166 cm³/mol. The van der Waals surface area contributed by atoms with E-state index >= 15 is 0 Å². The largest absolute Gasteiger partial charge is 0.495 e. The van der Waals surface area contributed by atoms with Crippen molar-refractivity contribution in [2.75, 3.05) is 45.4 Å². The lowest BCUT2D eigenvalue weighted by Gasteiger charge is -2.26. The molecule has 3 N–H and O–H groups in total. The van der Waals surface area contributed by atoms with Crippen LogP contribution in [-0.2, 0) is 23.0 Å². The number of nitrogens with zero attached hydrogens (tertiary/aromatic N) is 4. The number of hydrogen-bond acceptors (Lipinski definition) is 8. The van der Waals surface area contributed by atoms with Crippen LogP contribution in [0.2, 0.25) is 0 Å². The molecular formula is C31H32FN7O3S. The van der Waals surface area contributed by atoms with Crippen molar-refractivity contribution in [3.05, 3.63) is 83.8 Å². The molecule has 0 bridgehead atoms. The number of benzene rings is 3. The van der Waals surface area contributed by atoms with E-state index in [-0.39, 0.29) is 16.7 Å². The number of fused-ring (bicyclic) bond motifs is 2. The zero-order valence-electron chi connectivity index (χ0n) is 24.3. The van der Waals surface area contributed by atoms with Crippen LogP contribution in [0.4, 0.5) is 27.5 Å². The molecule has 0 unspecified atom stereocenters. The number of H-pyrrole nitrogens is 1. The van der Waals surface area contributed by atoms with Gasteiger partial charge in [0.2, 0.25) is 16.0 Å². The van der Waals surface area contributed by atoms with E-state index in [9.17, 15) is 12.8 Å². The highest BCUT2D eigenvalue weighted by atomic mass is 32.2. The Morgan fingerprint density at radius 1 is 1.00 bits per heavy atom. The van der Waals surface area contributed by atoms with Gasteiger partial charge in [-0.3, -0.25) is 0 Å². The summed E-state index contributed by atoms with van der Waals surface area (Å²) in [6, 6.07) is 16.9. The second-order valence-corrected chi connectivity index (χ2v) is 12.8. The number of aromatic nitrogens is 3. The van der Waals surface area contributed by atoms with E-state index in [0.29, 0.717) is 45.1 Å². The summed E-state index contributed by atoms with van der Waals surface area (Å²) in [6.45, 7) is 1.79. The van der Waals surface area contributed by atoms with Crippen LogP contribution < -0.4 is 15.4 Å². The Balaban J connectivity index is 1.50. The quantitative estimate of drug-likeness (QED) is 0.214. The Bertz CT molecular complexity index is 1940. The van der Waals surface area contributed by atoms with Crippen LogP contribution in [0.3, 0.4) is 0 Å². The molecule has 43 heavy (non-hydrogen) atoms. The van der Waals surface area contributed by atoms with Gasteiger partial charge in [0.25, 0.3) is 0 Å². The summed E-state index contributed by atoms with van der Waals surface area (Å²) in [7, 11) is 2.89. The number of halogens is 1. The molecule has 0 atom stereocenters. The Morgan fingerprint density at radius 3 is 2.58 bits per heavy atom. The van der Waals surface area contributed by atoms with Gasteiger partial charge in [0.1, 0.15) is 27.9 Å². The summed E-state index contributed by atoms with van der Waals surface area (Å²) < 4.78 is 47.5. The van der Waals surface area contributed by atoms with Crippen molar-refractivity contribution in [2.45, 2.75) is 17.9 Å². The molecule has 0 aliphatic carbocycles. The molecule has 0 saturated heterocycles. The first-order chi connectivity index (χ1) is 20.6. The Kier molecular flexibility index (Phi) is 7.50. The number of rotatable bonds is 8. The fourth-order valence-electron chi connectivity index (χ4n) is 5.30. The molecule has 222 valence electrons. The minimum atomic E-state index is -3.78. The summed E-state index contributed by atoms with van der Waals surface area (Å²) in [5.74, 6) is 0.882. The molecule has 12 heteroatoms. The highest BCUT2D eigenvalue weighted by Crippen LogP contribution is 2.38. The summed E-state index contributed by atoms with van der Waals surface area (Å²) in [4.78, 5) is 15.1. The third kappa shape index (κ3) is 5.52. The number of methoxy groups -OCH3 is 1. The predicted octanol–water partition coefficient (Wildman–Crippen LogP) is 5.50. The van der Waals surface area contributed by atoms with Crippen LogP contribution in [-0.4, -0.2) is 67.4 Å². The second-order valence-electron chi connectivity index (χ2n) is 10.7. The molecule has 1 aliphatic rings. The van der Waals surface area contributed by atoms with Crippen LogP contribution in [0, 0.1) is 5.82 Å². The molecule has 3 aromatic carbocycles. The van der Waals surface area contributed by atoms with Crippen molar-refractivity contribution in [1.29, 1.82) is 0 Å². The third-order valence-corrected chi connectivity index (χ3v) is 9.41. The normalized spacial score (nSPS) is 13.7. The van der Waals surface area contributed by atoms with Crippen LogP contribution in [0.15, 0.2) is 71.8 Å². The molecule has 0 spiro atoms. The summed E-state index contributed by atoms with van der Waals surface area (Å²) >= 11 is 0. The summed E-state index contributed by atoms with van der Waals surface area (Å²) in [5.41, 5.74) is 5.22. The molecule has 2 aromatic heterocycles. The first-order valence-corrected chi connectivity index (χ1v) is 15.2. The zero-order valence-corrected chi connectivity index (χ0v) is 25.1. The van der Waals surface area contributed by atoms with Gasteiger partial charge >= 0.3 is 0 Å². The number of hydrogen-bond donors (Lipinski definition) is 3. The molecule has 0 amide bonds. The van der Waals surface area contributed by atoms with Crippen LogP contribution in [0.1, 0.15) is 11.1 Å². The lowest BCUT2D eigenvalue weighted by atomic mass is 9.99. The molecule has 0 fully saturated rings. The highest BCUT2D eigenvalue weighted by Gasteiger charge is 2.24. The van der Waals surface area contributed by atoms with Gasteiger partial charge in [-0.05, 0) is 66.6 Å². The van der Waals surface area contributed by atoms with E-state index in [0.717, 1.165) is 23.8 Å². The van der Waals surface area contributed by atoms with E-state index in [1.165, 1.54) is 43.4 Å². The zero-order chi connectivity index (χ0) is 30.3. The van der Waals surface area contributed by atoms with Gasteiger partial charge in [0.15, 0.2) is 0 Å². The van der Waals surface area contributed by atoms with Crippen molar-refractivity contribution in [3.8, 4) is 16.9 Å². The minimum absolute atomic E-state index is 0.0876. The van der Waals surface area contributed by atoms with E-state index in [4.69, 9.17) is 14.7 Å². The maximum atomic E-state index is 14.2. The molecule has 10 nitrogen and oxygen atoms in total. The van der Waals surface area contributed by atoms with Crippen molar-refractivity contribution >= 4 is 44.2 Å². The number of para-hydroxylation sites is 1. The fraction of sp³-hybridized carbons (Fsp3) is 0.226. The first-order valence-electron chi connectivity index (χ1n) is 13.7. The molecular weight excluding hydrogens is 569 g/mol. The van der Waals surface area contributed by atoms with Gasteiger partial charge < -0.3 is 25.3 Å². The number of sulfonamides is 1. The van der Waals surface area contributed by atoms with Crippen molar-refractivity contribution in [3.63, 3.8) is 0 Å². The van der Waals surface area contributed by atoms with Crippen LogP contribution in [0.25, 0.3) is 22.2 Å². The fourth-order valence-corrected chi connectivity index (χ4v) is 6.34. The van der Waals surface area contributed by atoms with Crippen molar-refractivity contribution < 1.29 is 17.5 Å². The van der Waals surface area contributed by atoms with Gasteiger partial charge in [-0.15, -0.1) is 0 Å². The van der Waals surface area contributed by atoms with Gasteiger partial charge in [-0.25, -0.2) is 17.1 Å². The second kappa shape index (κ2) is 11.3. The number of aromatic amines is 1. The van der Waals surface area contributed by atoms with Crippen molar-refractivity contribution in [2.24, 2.45) is 0 Å². The third-order valence-electron chi connectivity index (χ3n) is 7.54. The summed E-state index contributed by atoms with van der Waals surface area (Å²) in [6.07, 6.45) is 2.67. The Labute approximate surface area is 249 Å². The SMILES string of the molecule is COc1cc2c(cc1Nc1nc(Nc3ccccc3S(=O)(=O)N(C)C)c3c(-c4cccc(F)c4)c[nH]c3n1)CN(C)CC2. The van der Waals surface area contributed by atoms with Gasteiger partial charge in [0.05, 0.1) is 23.9 Å². The Hall–Kier alpha value is -4.52. The van der Waals surface area contributed by atoms with Crippen LogP contribution >= 0.6 is 0 Å². The smallest absolute Gasteiger partial charge is 0.244 e. The topological polar surface area (TPSA) is 115 Å². The molecule has 6 rings (SSSR count). The van der Waals surface area contributed by atoms with Crippen molar-refractivity contribution in [1.82, 2.24) is 24.2 Å².